The number of carboxylic acid groups (broad SMARTS) is 1. The van der Waals surface area contributed by atoms with Gasteiger partial charge in [0.25, 0.3) is 10.0 Å². The summed E-state index contributed by atoms with van der Waals surface area (Å²) in [5.74, 6) is -0.377. The topological polar surface area (TPSA) is 92.7 Å². The fourth-order valence-corrected chi connectivity index (χ4v) is 4.20. The number of ether oxygens (including phenoxy) is 1. The fraction of sp³-hybridized carbons (Fsp3) is 0.154. The number of sulfonamides is 1. The molecule has 0 atom stereocenters. The number of nitrogens with one attached hydrogen (secondary N) is 1. The molecule has 1 aromatic heterocycles. The molecule has 0 amide bonds. The molecule has 1 aliphatic heterocycles. The second-order valence-corrected chi connectivity index (χ2v) is 7.07. The molecule has 0 spiro atoms. The van der Waals surface area contributed by atoms with Crippen molar-refractivity contribution in [1.29, 1.82) is 0 Å². The standard InChI is InChI=1S/C13H11NO5S2/c15-13(16)12-6-10(7-20-12)21(17,18)14-9-1-2-11-8(5-9)3-4-19-11/h1-2,5-7,14H,3-4H2,(H,15,16). The quantitative estimate of drug-likeness (QED) is 0.899. The Kier molecular flexibility index (Phi) is 3.34. The van der Waals surface area contributed by atoms with Gasteiger partial charge in [0, 0.05) is 17.5 Å². The van der Waals surface area contributed by atoms with Crippen LogP contribution in [0.1, 0.15) is 15.2 Å². The van der Waals surface area contributed by atoms with Crippen LogP contribution < -0.4 is 9.46 Å². The summed E-state index contributed by atoms with van der Waals surface area (Å²) in [5.41, 5.74) is 1.38. The molecule has 0 bridgehead atoms. The van der Waals surface area contributed by atoms with E-state index in [2.05, 4.69) is 4.72 Å². The van der Waals surface area contributed by atoms with Gasteiger partial charge in [0.05, 0.1) is 11.5 Å². The van der Waals surface area contributed by atoms with Crippen LogP contribution in [-0.4, -0.2) is 26.1 Å². The minimum Gasteiger partial charge on any atom is -0.493 e. The van der Waals surface area contributed by atoms with E-state index in [1.807, 2.05) is 0 Å². The van der Waals surface area contributed by atoms with E-state index in [1.165, 1.54) is 5.38 Å². The molecule has 0 saturated heterocycles. The van der Waals surface area contributed by atoms with E-state index in [0.29, 0.717) is 12.3 Å². The number of carboxylic acids is 1. The normalized spacial score (nSPS) is 13.5. The van der Waals surface area contributed by atoms with E-state index in [9.17, 15) is 13.2 Å². The maximum absolute atomic E-state index is 12.2. The van der Waals surface area contributed by atoms with E-state index in [4.69, 9.17) is 9.84 Å². The average molecular weight is 325 g/mol. The molecule has 110 valence electrons. The number of hydrogen-bond acceptors (Lipinski definition) is 5. The maximum atomic E-state index is 12.2. The summed E-state index contributed by atoms with van der Waals surface area (Å²) in [5, 5.41) is 10.1. The van der Waals surface area contributed by atoms with Gasteiger partial charge >= 0.3 is 5.97 Å². The van der Waals surface area contributed by atoms with Gasteiger partial charge in [-0.25, -0.2) is 13.2 Å². The van der Waals surface area contributed by atoms with Crippen LogP contribution in [0, 0.1) is 0 Å². The van der Waals surface area contributed by atoms with E-state index < -0.39 is 16.0 Å². The zero-order valence-electron chi connectivity index (χ0n) is 10.7. The molecule has 0 unspecified atom stereocenters. The first-order valence-corrected chi connectivity index (χ1v) is 8.42. The lowest BCUT2D eigenvalue weighted by Crippen LogP contribution is -2.12. The minimum atomic E-state index is -3.79. The van der Waals surface area contributed by atoms with Gasteiger partial charge in [-0.1, -0.05) is 0 Å². The maximum Gasteiger partial charge on any atom is 0.345 e. The highest BCUT2D eigenvalue weighted by molar-refractivity contribution is 7.92. The first-order valence-electron chi connectivity index (χ1n) is 6.06. The summed E-state index contributed by atoms with van der Waals surface area (Å²) >= 11 is 0.876. The monoisotopic (exact) mass is 325 g/mol. The number of thiophene rings is 1. The summed E-state index contributed by atoms with van der Waals surface area (Å²) in [6.07, 6.45) is 0.743. The average Bonchev–Trinajstić information content (AvgIpc) is 3.07. The van der Waals surface area contributed by atoms with Crippen molar-refractivity contribution in [3.8, 4) is 5.75 Å². The molecule has 3 rings (SSSR count). The van der Waals surface area contributed by atoms with E-state index in [0.717, 1.165) is 35.1 Å². The minimum absolute atomic E-state index is 0.0160. The summed E-state index contributed by atoms with van der Waals surface area (Å²) in [6.45, 7) is 0.595. The predicted octanol–water partition coefficient (Wildman–Crippen LogP) is 2.18. The zero-order chi connectivity index (χ0) is 15.0. The van der Waals surface area contributed by atoms with Crippen LogP contribution in [0.2, 0.25) is 0 Å². The summed E-state index contributed by atoms with van der Waals surface area (Å²) in [4.78, 5) is 10.7. The van der Waals surface area contributed by atoms with Crippen LogP contribution in [0.3, 0.4) is 0 Å². The van der Waals surface area contributed by atoms with Crippen LogP contribution in [-0.2, 0) is 16.4 Å². The lowest BCUT2D eigenvalue weighted by Gasteiger charge is -2.07. The van der Waals surface area contributed by atoms with Crippen molar-refractivity contribution < 1.29 is 23.1 Å². The Morgan fingerprint density at radius 1 is 1.33 bits per heavy atom. The number of carbonyl (C=O) groups is 1. The lowest BCUT2D eigenvalue weighted by molar-refractivity contribution is 0.0702. The van der Waals surface area contributed by atoms with E-state index in [1.54, 1.807) is 18.2 Å². The van der Waals surface area contributed by atoms with Gasteiger partial charge in [0.15, 0.2) is 0 Å². The number of rotatable bonds is 4. The molecule has 1 aliphatic rings. The van der Waals surface area contributed by atoms with Crippen LogP contribution in [0.15, 0.2) is 34.5 Å². The Morgan fingerprint density at radius 3 is 2.86 bits per heavy atom. The number of benzene rings is 1. The zero-order valence-corrected chi connectivity index (χ0v) is 12.3. The molecule has 6 nitrogen and oxygen atoms in total. The van der Waals surface area contributed by atoms with Gasteiger partial charge in [-0.3, -0.25) is 4.72 Å². The second-order valence-electron chi connectivity index (χ2n) is 4.48. The Labute approximate surface area is 125 Å². The molecular formula is C13H11NO5S2. The Morgan fingerprint density at radius 2 is 2.14 bits per heavy atom. The van der Waals surface area contributed by atoms with Crippen molar-refractivity contribution in [2.24, 2.45) is 0 Å². The summed E-state index contributed by atoms with van der Waals surface area (Å²) in [7, 11) is -3.79. The van der Waals surface area contributed by atoms with Crippen molar-refractivity contribution >= 4 is 33.0 Å². The third-order valence-electron chi connectivity index (χ3n) is 3.04. The molecule has 21 heavy (non-hydrogen) atoms. The molecule has 0 aliphatic carbocycles. The first-order chi connectivity index (χ1) is 9.95. The Hall–Kier alpha value is -2.06. The van der Waals surface area contributed by atoms with E-state index in [-0.39, 0.29) is 9.77 Å². The molecule has 2 heterocycles. The molecule has 0 saturated carbocycles. The number of fused-ring (bicyclic) bond motifs is 1. The summed E-state index contributed by atoms with van der Waals surface area (Å²) in [6, 6.07) is 6.21. The van der Waals surface area contributed by atoms with Crippen molar-refractivity contribution in [2.45, 2.75) is 11.3 Å². The molecule has 1 aromatic carbocycles. The van der Waals surface area contributed by atoms with Crippen LogP contribution in [0.4, 0.5) is 5.69 Å². The van der Waals surface area contributed by atoms with Gasteiger partial charge < -0.3 is 9.84 Å². The fourth-order valence-electron chi connectivity index (χ4n) is 2.04. The third kappa shape index (κ3) is 2.72. The van der Waals surface area contributed by atoms with Gasteiger partial charge in [0.1, 0.15) is 10.6 Å². The Bertz CT molecular complexity index is 810. The van der Waals surface area contributed by atoms with Crippen molar-refractivity contribution in [1.82, 2.24) is 0 Å². The molecule has 0 fully saturated rings. The number of aromatic carboxylic acids is 1. The van der Waals surface area contributed by atoms with Gasteiger partial charge in [-0.2, -0.15) is 0 Å². The third-order valence-corrected chi connectivity index (χ3v) is 5.47. The molecule has 0 radical (unpaired) electrons. The van der Waals surface area contributed by atoms with Gasteiger partial charge in [-0.05, 0) is 29.8 Å². The predicted molar refractivity (Wildman–Crippen MR) is 77.7 cm³/mol. The van der Waals surface area contributed by atoms with Crippen LogP contribution >= 0.6 is 11.3 Å². The smallest absolute Gasteiger partial charge is 0.345 e. The highest BCUT2D eigenvalue weighted by Gasteiger charge is 2.20. The largest absolute Gasteiger partial charge is 0.493 e. The van der Waals surface area contributed by atoms with Gasteiger partial charge in [0.2, 0.25) is 0 Å². The summed E-state index contributed by atoms with van der Waals surface area (Å²) < 4.78 is 32.2. The van der Waals surface area contributed by atoms with Crippen molar-refractivity contribution in [3.63, 3.8) is 0 Å². The van der Waals surface area contributed by atoms with Crippen LogP contribution in [0.25, 0.3) is 0 Å². The van der Waals surface area contributed by atoms with Gasteiger partial charge in [-0.15, -0.1) is 11.3 Å². The van der Waals surface area contributed by atoms with Crippen molar-refractivity contribution in [2.75, 3.05) is 11.3 Å². The number of anilines is 1. The first kappa shape index (κ1) is 13.9. The Balaban J connectivity index is 1.87. The van der Waals surface area contributed by atoms with Crippen LogP contribution in [0.5, 0.6) is 5.75 Å². The number of hydrogen-bond donors (Lipinski definition) is 2. The molecular weight excluding hydrogens is 314 g/mol. The second kappa shape index (κ2) is 5.05. The molecule has 2 N–H and O–H groups in total. The highest BCUT2D eigenvalue weighted by atomic mass is 32.2. The molecule has 8 heteroatoms. The lowest BCUT2D eigenvalue weighted by atomic mass is 10.1. The SMILES string of the molecule is O=C(O)c1cc(S(=O)(=O)Nc2ccc3c(c2)CCO3)cs1. The molecule has 2 aromatic rings. The van der Waals surface area contributed by atoms with E-state index >= 15 is 0 Å². The van der Waals surface area contributed by atoms with Crippen molar-refractivity contribution in [3.05, 3.63) is 40.1 Å². The highest BCUT2D eigenvalue weighted by Crippen LogP contribution is 2.29.